The minimum atomic E-state index is 0.678. The molecule has 2 unspecified atom stereocenters. The first-order valence-electron chi connectivity index (χ1n) is 6.83. The Morgan fingerprint density at radius 1 is 1.38 bits per heavy atom. The molecule has 0 amide bonds. The van der Waals surface area contributed by atoms with Gasteiger partial charge in [-0.1, -0.05) is 6.92 Å². The van der Waals surface area contributed by atoms with Crippen molar-refractivity contribution in [3.05, 3.63) is 0 Å². The molecule has 1 N–H and O–H groups in total. The van der Waals surface area contributed by atoms with E-state index in [0.717, 1.165) is 19.6 Å². The average Bonchev–Trinajstić information content (AvgIpc) is 2.47. The van der Waals surface area contributed by atoms with Crippen molar-refractivity contribution in [3.63, 3.8) is 0 Å². The fourth-order valence-electron chi connectivity index (χ4n) is 2.31. The SMILES string of the molecule is CCOCCCN1CC(CC)NCCC1C. The maximum Gasteiger partial charge on any atom is 0.0478 e. The lowest BCUT2D eigenvalue weighted by atomic mass is 10.2. The normalized spacial score (nSPS) is 27.9. The van der Waals surface area contributed by atoms with Gasteiger partial charge in [0, 0.05) is 38.4 Å². The second-order valence-electron chi connectivity index (χ2n) is 4.74. The van der Waals surface area contributed by atoms with Gasteiger partial charge in [0.1, 0.15) is 0 Å². The molecule has 1 fully saturated rings. The summed E-state index contributed by atoms with van der Waals surface area (Å²) < 4.78 is 5.40. The van der Waals surface area contributed by atoms with Gasteiger partial charge in [-0.3, -0.25) is 4.90 Å². The quantitative estimate of drug-likeness (QED) is 0.703. The highest BCUT2D eigenvalue weighted by Gasteiger charge is 2.20. The van der Waals surface area contributed by atoms with E-state index in [-0.39, 0.29) is 0 Å². The van der Waals surface area contributed by atoms with Crippen molar-refractivity contribution in [2.75, 3.05) is 32.8 Å². The smallest absolute Gasteiger partial charge is 0.0478 e. The van der Waals surface area contributed by atoms with Crippen LogP contribution in [0.2, 0.25) is 0 Å². The molecule has 1 aliphatic rings. The highest BCUT2D eigenvalue weighted by atomic mass is 16.5. The molecule has 0 aliphatic carbocycles. The first-order valence-corrected chi connectivity index (χ1v) is 6.83. The van der Waals surface area contributed by atoms with Gasteiger partial charge in [0.2, 0.25) is 0 Å². The molecular formula is C13H28N2O. The van der Waals surface area contributed by atoms with Crippen molar-refractivity contribution in [3.8, 4) is 0 Å². The van der Waals surface area contributed by atoms with Gasteiger partial charge in [0.25, 0.3) is 0 Å². The predicted molar refractivity (Wildman–Crippen MR) is 68.8 cm³/mol. The molecule has 1 aliphatic heterocycles. The summed E-state index contributed by atoms with van der Waals surface area (Å²) in [5.41, 5.74) is 0. The van der Waals surface area contributed by atoms with Gasteiger partial charge in [-0.25, -0.2) is 0 Å². The van der Waals surface area contributed by atoms with Gasteiger partial charge in [0.15, 0.2) is 0 Å². The van der Waals surface area contributed by atoms with Crippen molar-refractivity contribution in [1.82, 2.24) is 10.2 Å². The van der Waals surface area contributed by atoms with Crippen molar-refractivity contribution < 1.29 is 4.74 Å². The van der Waals surface area contributed by atoms with E-state index in [2.05, 4.69) is 31.0 Å². The summed E-state index contributed by atoms with van der Waals surface area (Å²) in [5, 5.41) is 3.62. The summed E-state index contributed by atoms with van der Waals surface area (Å²) in [6.45, 7) is 12.0. The fraction of sp³-hybridized carbons (Fsp3) is 1.00. The Labute approximate surface area is 101 Å². The van der Waals surface area contributed by atoms with Crippen LogP contribution in [0.15, 0.2) is 0 Å². The van der Waals surface area contributed by atoms with E-state index >= 15 is 0 Å². The van der Waals surface area contributed by atoms with Crippen LogP contribution in [0.25, 0.3) is 0 Å². The summed E-state index contributed by atoms with van der Waals surface area (Å²) in [6, 6.07) is 1.39. The van der Waals surface area contributed by atoms with E-state index in [1.165, 1.54) is 32.5 Å². The largest absolute Gasteiger partial charge is 0.382 e. The third-order valence-corrected chi connectivity index (χ3v) is 3.50. The van der Waals surface area contributed by atoms with Gasteiger partial charge in [-0.05, 0) is 39.7 Å². The number of nitrogens with zero attached hydrogens (tertiary/aromatic N) is 1. The zero-order valence-electron chi connectivity index (χ0n) is 11.2. The molecule has 1 rings (SSSR count). The van der Waals surface area contributed by atoms with Crippen molar-refractivity contribution >= 4 is 0 Å². The molecule has 0 aromatic heterocycles. The lowest BCUT2D eigenvalue weighted by molar-refractivity contribution is 0.122. The second-order valence-corrected chi connectivity index (χ2v) is 4.74. The lowest BCUT2D eigenvalue weighted by Crippen LogP contribution is -2.40. The molecule has 0 saturated carbocycles. The Kier molecular flexibility index (Phi) is 7.01. The number of hydrogen-bond acceptors (Lipinski definition) is 3. The minimum absolute atomic E-state index is 0.678. The van der Waals surface area contributed by atoms with Crippen LogP contribution in [-0.2, 0) is 4.74 Å². The number of nitrogens with one attached hydrogen (secondary N) is 1. The number of ether oxygens (including phenoxy) is 1. The second kappa shape index (κ2) is 8.04. The molecule has 2 atom stereocenters. The topological polar surface area (TPSA) is 24.5 Å². The molecule has 0 spiro atoms. The van der Waals surface area contributed by atoms with Crippen molar-refractivity contribution in [1.29, 1.82) is 0 Å². The first-order chi connectivity index (χ1) is 7.77. The van der Waals surface area contributed by atoms with Crippen LogP contribution in [0.5, 0.6) is 0 Å². The van der Waals surface area contributed by atoms with Gasteiger partial charge in [0.05, 0.1) is 0 Å². The highest BCUT2D eigenvalue weighted by Crippen LogP contribution is 2.11. The minimum Gasteiger partial charge on any atom is -0.382 e. The van der Waals surface area contributed by atoms with E-state index in [1.54, 1.807) is 0 Å². The van der Waals surface area contributed by atoms with E-state index in [4.69, 9.17) is 4.74 Å². The van der Waals surface area contributed by atoms with Crippen LogP contribution in [0.1, 0.15) is 40.0 Å². The van der Waals surface area contributed by atoms with E-state index < -0.39 is 0 Å². The van der Waals surface area contributed by atoms with Crippen LogP contribution in [0.4, 0.5) is 0 Å². The fourth-order valence-corrected chi connectivity index (χ4v) is 2.31. The maximum absolute atomic E-state index is 5.40. The standard InChI is InChI=1S/C13H28N2O/c1-4-13-11-15(9-6-10-16-5-2)12(3)7-8-14-13/h12-14H,4-11H2,1-3H3. The summed E-state index contributed by atoms with van der Waals surface area (Å²) >= 11 is 0. The van der Waals surface area contributed by atoms with Gasteiger partial charge in [-0.15, -0.1) is 0 Å². The molecule has 0 aromatic rings. The van der Waals surface area contributed by atoms with Gasteiger partial charge < -0.3 is 10.1 Å². The summed E-state index contributed by atoms with van der Waals surface area (Å²) in [4.78, 5) is 2.62. The molecule has 3 heteroatoms. The highest BCUT2D eigenvalue weighted by molar-refractivity contribution is 4.79. The molecular weight excluding hydrogens is 200 g/mol. The molecule has 0 bridgehead atoms. The Morgan fingerprint density at radius 3 is 2.88 bits per heavy atom. The van der Waals surface area contributed by atoms with E-state index in [9.17, 15) is 0 Å². The average molecular weight is 228 g/mol. The van der Waals surface area contributed by atoms with E-state index in [1.807, 2.05) is 0 Å². The van der Waals surface area contributed by atoms with Gasteiger partial charge >= 0.3 is 0 Å². The molecule has 0 radical (unpaired) electrons. The predicted octanol–water partition coefficient (Wildman–Crippen LogP) is 1.88. The molecule has 1 saturated heterocycles. The zero-order valence-corrected chi connectivity index (χ0v) is 11.2. The molecule has 3 nitrogen and oxygen atoms in total. The summed E-state index contributed by atoms with van der Waals surface area (Å²) in [7, 11) is 0. The third kappa shape index (κ3) is 4.81. The zero-order chi connectivity index (χ0) is 11.8. The molecule has 1 heterocycles. The Hall–Kier alpha value is -0.120. The lowest BCUT2D eigenvalue weighted by Gasteiger charge is -2.28. The van der Waals surface area contributed by atoms with Crippen molar-refractivity contribution in [2.45, 2.75) is 52.1 Å². The van der Waals surface area contributed by atoms with Crippen LogP contribution in [0, 0.1) is 0 Å². The van der Waals surface area contributed by atoms with Gasteiger partial charge in [-0.2, -0.15) is 0 Å². The molecule has 0 aromatic carbocycles. The third-order valence-electron chi connectivity index (χ3n) is 3.50. The van der Waals surface area contributed by atoms with Crippen LogP contribution in [-0.4, -0.2) is 49.8 Å². The molecule has 16 heavy (non-hydrogen) atoms. The number of rotatable bonds is 6. The molecule has 96 valence electrons. The Balaban J connectivity index is 2.29. The summed E-state index contributed by atoms with van der Waals surface area (Å²) in [5.74, 6) is 0. The number of hydrogen-bond donors (Lipinski definition) is 1. The Bertz CT molecular complexity index is 175. The van der Waals surface area contributed by atoms with Crippen molar-refractivity contribution in [2.24, 2.45) is 0 Å². The van der Waals surface area contributed by atoms with Crippen LogP contribution < -0.4 is 5.32 Å². The monoisotopic (exact) mass is 228 g/mol. The van der Waals surface area contributed by atoms with E-state index in [0.29, 0.717) is 12.1 Å². The Morgan fingerprint density at radius 2 is 2.19 bits per heavy atom. The maximum atomic E-state index is 5.40. The summed E-state index contributed by atoms with van der Waals surface area (Å²) in [6.07, 6.45) is 3.66. The van der Waals surface area contributed by atoms with Crippen LogP contribution >= 0.6 is 0 Å². The first kappa shape index (κ1) is 13.9. The van der Waals surface area contributed by atoms with Crippen LogP contribution in [0.3, 0.4) is 0 Å².